The first-order valence-electron chi connectivity index (χ1n) is 4.15. The van der Waals surface area contributed by atoms with E-state index >= 15 is 0 Å². The monoisotopic (exact) mass is 360 g/mol. The lowest BCUT2D eigenvalue weighted by atomic mass is 10.4. The van der Waals surface area contributed by atoms with E-state index in [1.165, 1.54) is 0 Å². The Labute approximate surface area is 136 Å². The van der Waals surface area contributed by atoms with Crippen LogP contribution in [0.2, 0.25) is 0 Å². The van der Waals surface area contributed by atoms with E-state index in [4.69, 9.17) is 35.3 Å². The number of hydrogen-bond donors (Lipinski definition) is 7. The van der Waals surface area contributed by atoms with E-state index in [0.29, 0.717) is 0 Å². The Morgan fingerprint density at radius 2 is 1.00 bits per heavy atom. The highest BCUT2D eigenvalue weighted by Gasteiger charge is 2.15. The zero-order valence-corrected chi connectivity index (χ0v) is 9.27. The van der Waals surface area contributed by atoms with Gasteiger partial charge in [-0.25, -0.2) is 4.57 Å². The molecule has 1 atom stereocenters. The van der Waals surface area contributed by atoms with Crippen molar-refractivity contribution in [2.24, 2.45) is 0 Å². The molecule has 148 valence electrons. The molecule has 0 aliphatic rings. The first kappa shape index (κ1) is 49.5. The number of aliphatic hydroxyl groups is 5. The second-order valence-electron chi connectivity index (χ2n) is 2.64. The number of rotatable bonds is 6. The molecule has 22 heavy (non-hydrogen) atoms. The maximum atomic E-state index is 9.93. The predicted molar refractivity (Wildman–Crippen MR) is 91.7 cm³/mol. The molecule has 0 saturated heterocycles. The minimum absolute atomic E-state index is 0. The van der Waals surface area contributed by atoms with E-state index in [2.05, 4.69) is 4.52 Å². The normalized spacial score (nSPS) is 9.64. The summed E-state index contributed by atoms with van der Waals surface area (Å²) < 4.78 is 13.8. The van der Waals surface area contributed by atoms with Crippen LogP contribution in [0.15, 0.2) is 0 Å². The predicted octanol–water partition coefficient (Wildman–Crippen LogP) is 0.597. The fraction of sp³-hybridized carbons (Fsp3) is 1.00. The second kappa shape index (κ2) is 29.0. The zero-order valence-electron chi connectivity index (χ0n) is 8.38. The SMILES string of the molecule is C.C.C.C.C.C.O=P(O)(O)OCC(O)CO.OCC(O)CO. The molecule has 0 radical (unpaired) electrons. The third kappa shape index (κ3) is 50.2. The van der Waals surface area contributed by atoms with Gasteiger partial charge in [0.2, 0.25) is 0 Å². The molecule has 0 amide bonds. The standard InChI is InChI=1S/C3H9O6P.C3H8O3.6CH4/c4-1-3(5)2-9-10(6,7)8;4-1-3(6)2-5;;;;;;/h3-5H,1-2H2,(H2,6,7,8);3-6H,1-2H2;6*1H4. The third-order valence-corrected chi connectivity index (χ3v) is 1.55. The molecule has 1 unspecified atom stereocenters. The van der Waals surface area contributed by atoms with Gasteiger partial charge in [0.1, 0.15) is 12.2 Å². The average Bonchev–Trinajstić information content (AvgIpc) is 2.24. The molecule has 9 nitrogen and oxygen atoms in total. The molecule has 7 N–H and O–H groups in total. The molecule has 0 heterocycles. The highest BCUT2D eigenvalue weighted by atomic mass is 31.2. The van der Waals surface area contributed by atoms with Crippen molar-refractivity contribution in [3.63, 3.8) is 0 Å². The number of hydrogen-bond acceptors (Lipinski definition) is 7. The van der Waals surface area contributed by atoms with Crippen molar-refractivity contribution in [2.75, 3.05) is 26.4 Å². The summed E-state index contributed by atoms with van der Waals surface area (Å²) in [5.41, 5.74) is 0. The highest BCUT2D eigenvalue weighted by Crippen LogP contribution is 2.35. The molecule has 0 fully saturated rings. The van der Waals surface area contributed by atoms with E-state index in [1.807, 2.05) is 0 Å². The van der Waals surface area contributed by atoms with Gasteiger partial charge in [-0.1, -0.05) is 44.6 Å². The van der Waals surface area contributed by atoms with E-state index in [-0.39, 0.29) is 57.8 Å². The maximum Gasteiger partial charge on any atom is 0.469 e. The molecule has 0 aromatic rings. The Kier molecular flexibility index (Phi) is 65.2. The molecule has 0 aliphatic carbocycles. The molecule has 0 rings (SSSR count). The van der Waals surface area contributed by atoms with Crippen LogP contribution in [-0.2, 0) is 9.09 Å². The van der Waals surface area contributed by atoms with Crippen LogP contribution < -0.4 is 0 Å². The van der Waals surface area contributed by atoms with Crippen molar-refractivity contribution in [3.8, 4) is 0 Å². The van der Waals surface area contributed by atoms with Gasteiger partial charge in [0.15, 0.2) is 0 Å². The van der Waals surface area contributed by atoms with E-state index in [0.717, 1.165) is 0 Å². The fourth-order valence-corrected chi connectivity index (χ4v) is 0.660. The molecular weight excluding hydrogens is 319 g/mol. The van der Waals surface area contributed by atoms with Gasteiger partial charge in [0, 0.05) is 0 Å². The lowest BCUT2D eigenvalue weighted by Crippen LogP contribution is -2.18. The largest absolute Gasteiger partial charge is 0.469 e. The molecular formula is C12H41O9P. The Balaban J connectivity index is -0.0000000248. The van der Waals surface area contributed by atoms with Crippen molar-refractivity contribution in [2.45, 2.75) is 56.8 Å². The minimum atomic E-state index is -4.50. The van der Waals surface area contributed by atoms with Crippen molar-refractivity contribution >= 4 is 7.82 Å². The summed E-state index contributed by atoms with van der Waals surface area (Å²) in [6, 6.07) is 0. The van der Waals surface area contributed by atoms with E-state index < -0.39 is 33.2 Å². The molecule has 0 aromatic carbocycles. The molecule has 0 aliphatic heterocycles. The number of phosphoric acid groups is 1. The Morgan fingerprint density at radius 3 is 1.14 bits per heavy atom. The first-order chi connectivity index (χ1) is 7.26. The third-order valence-electron chi connectivity index (χ3n) is 1.07. The van der Waals surface area contributed by atoms with Gasteiger partial charge >= 0.3 is 7.82 Å². The molecule has 0 saturated carbocycles. The van der Waals surface area contributed by atoms with Crippen LogP contribution in [0.25, 0.3) is 0 Å². The highest BCUT2D eigenvalue weighted by molar-refractivity contribution is 7.46. The summed E-state index contributed by atoms with van der Waals surface area (Å²) in [4.78, 5) is 16.1. The van der Waals surface area contributed by atoms with Gasteiger partial charge in [-0.15, -0.1) is 0 Å². The van der Waals surface area contributed by atoms with Crippen molar-refractivity contribution < 1.29 is 44.4 Å². The molecule has 10 heteroatoms. The topological polar surface area (TPSA) is 168 Å². The van der Waals surface area contributed by atoms with Crippen LogP contribution >= 0.6 is 7.82 Å². The maximum absolute atomic E-state index is 9.93. The van der Waals surface area contributed by atoms with Crippen LogP contribution in [0, 0.1) is 0 Å². The van der Waals surface area contributed by atoms with Crippen LogP contribution in [0.3, 0.4) is 0 Å². The van der Waals surface area contributed by atoms with Gasteiger partial charge in [-0.05, 0) is 0 Å². The van der Waals surface area contributed by atoms with E-state index in [1.54, 1.807) is 0 Å². The summed E-state index contributed by atoms with van der Waals surface area (Å²) in [5.74, 6) is 0. The van der Waals surface area contributed by atoms with Gasteiger partial charge in [0.25, 0.3) is 0 Å². The van der Waals surface area contributed by atoms with Gasteiger partial charge in [-0.2, -0.15) is 0 Å². The second-order valence-corrected chi connectivity index (χ2v) is 3.88. The number of phosphoric ester groups is 1. The van der Waals surface area contributed by atoms with Crippen LogP contribution in [0.5, 0.6) is 0 Å². The quantitative estimate of drug-likeness (QED) is 0.335. The molecule has 0 aromatic heterocycles. The van der Waals surface area contributed by atoms with Crippen LogP contribution in [0.1, 0.15) is 44.6 Å². The molecule has 0 bridgehead atoms. The zero-order chi connectivity index (χ0) is 13.2. The average molecular weight is 360 g/mol. The fourth-order valence-electron chi connectivity index (χ4n) is 0.294. The van der Waals surface area contributed by atoms with Gasteiger partial charge in [0.05, 0.1) is 26.4 Å². The summed E-state index contributed by atoms with van der Waals surface area (Å²) in [7, 11) is -4.50. The van der Waals surface area contributed by atoms with Gasteiger partial charge < -0.3 is 35.3 Å². The Morgan fingerprint density at radius 1 is 0.727 bits per heavy atom. The van der Waals surface area contributed by atoms with Crippen LogP contribution in [-0.4, -0.2) is 74.0 Å². The Bertz CT molecular complexity index is 195. The number of aliphatic hydroxyl groups excluding tert-OH is 5. The van der Waals surface area contributed by atoms with Gasteiger partial charge in [-0.3, -0.25) is 4.52 Å². The minimum Gasteiger partial charge on any atom is -0.394 e. The van der Waals surface area contributed by atoms with E-state index in [9.17, 15) is 4.57 Å². The summed E-state index contributed by atoms with van der Waals surface area (Å²) >= 11 is 0. The van der Waals surface area contributed by atoms with Crippen LogP contribution in [0.4, 0.5) is 0 Å². The first-order valence-corrected chi connectivity index (χ1v) is 5.68. The van der Waals surface area contributed by atoms with Crippen molar-refractivity contribution in [1.29, 1.82) is 0 Å². The van der Waals surface area contributed by atoms with Crippen molar-refractivity contribution in [1.82, 2.24) is 0 Å². The van der Waals surface area contributed by atoms with Crippen molar-refractivity contribution in [3.05, 3.63) is 0 Å². The summed E-state index contributed by atoms with van der Waals surface area (Å²) in [6.07, 6.45) is -2.20. The smallest absolute Gasteiger partial charge is 0.394 e. The molecule has 0 spiro atoms. The summed E-state index contributed by atoms with van der Waals surface area (Å²) in [6.45, 7) is -1.88. The lowest BCUT2D eigenvalue weighted by molar-refractivity contribution is 0.0419. The Hall–Kier alpha value is -0.0900. The summed E-state index contributed by atoms with van der Waals surface area (Å²) in [5, 5.41) is 40.7. The lowest BCUT2D eigenvalue weighted by Gasteiger charge is -2.07.